The molecule has 0 amide bonds. The summed E-state index contributed by atoms with van der Waals surface area (Å²) in [6.45, 7) is 0. The third kappa shape index (κ3) is 8.25. The molecule has 0 radical (unpaired) electrons. The van der Waals surface area contributed by atoms with Crippen molar-refractivity contribution in [1.82, 2.24) is 0 Å². The van der Waals surface area contributed by atoms with Gasteiger partial charge in [0.05, 0.1) is 0 Å². The molecule has 0 nitrogen and oxygen atoms in total. The van der Waals surface area contributed by atoms with Crippen LogP contribution in [0.3, 0.4) is 0 Å². The van der Waals surface area contributed by atoms with Crippen LogP contribution in [0.25, 0.3) is 0 Å². The predicted octanol–water partition coefficient (Wildman–Crippen LogP) is 1.34. The van der Waals surface area contributed by atoms with E-state index in [1.807, 2.05) is 0 Å². The Morgan fingerprint density at radius 2 is 0.262 bits per heavy atom. The van der Waals surface area contributed by atoms with E-state index in [0.717, 1.165) is 0 Å². The predicted molar refractivity (Wildman–Crippen MR) is 255 cm³/mol. The van der Waals surface area contributed by atoms with Gasteiger partial charge in [0.1, 0.15) is 0 Å². The third-order valence-electron chi connectivity index (χ3n) is 10.5. The van der Waals surface area contributed by atoms with Gasteiger partial charge in [-0.15, -0.1) is 0 Å². The van der Waals surface area contributed by atoms with E-state index < -0.39 is 31.3 Å². The second-order valence-electron chi connectivity index (χ2n) is 13.9. The van der Waals surface area contributed by atoms with Crippen molar-refractivity contribution in [3.05, 3.63) is 273 Å². The molecule has 0 aliphatic heterocycles. The van der Waals surface area contributed by atoms with E-state index in [1.54, 1.807) is 0 Å². The van der Waals surface area contributed by atoms with E-state index >= 15 is 0 Å². The average Bonchev–Trinajstić information content (AvgIpc) is 3.33. The van der Waals surface area contributed by atoms with E-state index in [9.17, 15) is 0 Å². The fourth-order valence-corrected chi connectivity index (χ4v) is 82.2. The Morgan fingerprint density at radius 3 is 0.361 bits per heavy atom. The number of rotatable bonds is 12. The molecule has 0 aliphatic rings. The van der Waals surface area contributed by atoms with Crippen molar-refractivity contribution in [2.24, 2.45) is 0 Å². The first-order chi connectivity index (χ1) is 28.8. The normalized spacial score (nSPS) is 11.5. The standard InChI is InChI=1S/3C18H15P.3ClH.Rh/c3*1-4-10-16(11-5-1)19(17-12-6-2-7-13-17)18-14-8-3-9-15-18;;;;/h3*1-15H;3*1H;/q;;;;;;+3/p-3. The summed E-state index contributed by atoms with van der Waals surface area (Å²) in [6.07, 6.45) is 0. The topological polar surface area (TPSA) is 0 Å². The van der Waals surface area contributed by atoms with Crippen molar-refractivity contribution < 1.29 is 51.7 Å². The van der Waals surface area contributed by atoms with Gasteiger partial charge in [-0.05, 0) is 0 Å². The Labute approximate surface area is 386 Å². The first-order valence-corrected chi connectivity index (χ1v) is 31.2. The SMILES string of the molecule is [Cl-].[Cl-].[Cl-].c1ccc([P+](c2ccccc2)(c2ccccc2)[Rh]([P+](c2ccccc2)(c2ccccc2)c2ccccc2)[P+](c2ccccc2)(c2ccccc2)c2ccccc2)cc1. The van der Waals surface area contributed by atoms with E-state index in [1.165, 1.54) is 47.7 Å². The Morgan fingerprint density at radius 1 is 0.164 bits per heavy atom. The van der Waals surface area contributed by atoms with Crippen molar-refractivity contribution in [2.45, 2.75) is 0 Å². The van der Waals surface area contributed by atoms with Crippen LogP contribution in [-0.2, 0) is 14.5 Å². The first-order valence-electron chi connectivity index (χ1n) is 19.7. The summed E-state index contributed by atoms with van der Waals surface area (Å²) >= 11 is -2.52. The summed E-state index contributed by atoms with van der Waals surface area (Å²) in [5.74, 6) is 0. The van der Waals surface area contributed by atoms with Gasteiger partial charge in [0, 0.05) is 0 Å². The molecule has 306 valence electrons. The average molecular weight is 996 g/mol. The molecule has 0 atom stereocenters. The molecule has 9 rings (SSSR count). The molecule has 0 aromatic heterocycles. The molecule has 0 heterocycles. The summed E-state index contributed by atoms with van der Waals surface area (Å²) < 4.78 is 0. The molecule has 0 saturated heterocycles. The molecule has 7 heteroatoms. The van der Waals surface area contributed by atoms with Gasteiger partial charge in [0.25, 0.3) is 0 Å². The molecule has 0 unspecified atom stereocenters. The van der Waals surface area contributed by atoms with E-state index in [-0.39, 0.29) is 37.2 Å². The number of hydrogen-bond acceptors (Lipinski definition) is 0. The van der Waals surface area contributed by atoms with Crippen LogP contribution < -0.4 is 85.0 Å². The molecule has 0 aliphatic carbocycles. The van der Waals surface area contributed by atoms with Crippen LogP contribution in [0.5, 0.6) is 0 Å². The molecular formula is C54H45Cl3P3Rh. The molecule has 0 spiro atoms. The van der Waals surface area contributed by atoms with Crippen molar-refractivity contribution >= 4 is 64.5 Å². The molecule has 61 heavy (non-hydrogen) atoms. The van der Waals surface area contributed by atoms with Crippen molar-refractivity contribution in [2.75, 3.05) is 0 Å². The van der Waals surface area contributed by atoms with Crippen molar-refractivity contribution in [1.29, 1.82) is 0 Å². The molecule has 9 aromatic carbocycles. The van der Waals surface area contributed by atoms with Gasteiger partial charge in [-0.3, -0.25) is 0 Å². The van der Waals surface area contributed by atoms with E-state index in [2.05, 4.69) is 273 Å². The van der Waals surface area contributed by atoms with Crippen LogP contribution in [-0.4, -0.2) is 0 Å². The third-order valence-corrected chi connectivity index (χ3v) is 62.2. The fourth-order valence-electron chi connectivity index (χ4n) is 8.13. The molecule has 0 fully saturated rings. The van der Waals surface area contributed by atoms with Gasteiger partial charge < -0.3 is 37.2 Å². The summed E-state index contributed by atoms with van der Waals surface area (Å²) in [5, 5.41) is 13.0. The quantitative estimate of drug-likeness (QED) is 0.128. The van der Waals surface area contributed by atoms with Crippen LogP contribution in [0.1, 0.15) is 0 Å². The summed E-state index contributed by atoms with van der Waals surface area (Å²) in [5.41, 5.74) is -8.01. The van der Waals surface area contributed by atoms with E-state index in [4.69, 9.17) is 0 Å². The molecular weight excluding hydrogens is 951 g/mol. The fraction of sp³-hybridized carbons (Fsp3) is 0. The molecule has 0 saturated carbocycles. The summed E-state index contributed by atoms with van der Waals surface area (Å²) in [6, 6.07) is 106. The molecule has 0 bridgehead atoms. The maximum atomic E-state index is 2.48. The zero-order chi connectivity index (χ0) is 39.1. The van der Waals surface area contributed by atoms with Gasteiger partial charge in [0.15, 0.2) is 0 Å². The number of hydrogen-bond donors (Lipinski definition) is 0. The Hall–Kier alpha value is -4.24. The minimum atomic E-state index is -2.67. The minimum absolute atomic E-state index is 0. The van der Waals surface area contributed by atoms with Crippen LogP contribution in [0.15, 0.2) is 273 Å². The van der Waals surface area contributed by atoms with Crippen LogP contribution in [0.4, 0.5) is 0 Å². The Balaban J connectivity index is 0.00000207. The monoisotopic (exact) mass is 994 g/mol. The maximum absolute atomic E-state index is 2.67. The van der Waals surface area contributed by atoms with Gasteiger partial charge in [0.2, 0.25) is 0 Å². The van der Waals surface area contributed by atoms with Gasteiger partial charge in [-0.1, -0.05) is 0 Å². The molecule has 0 N–H and O–H groups in total. The van der Waals surface area contributed by atoms with Crippen LogP contribution in [0, 0.1) is 0 Å². The zero-order valence-corrected chi connectivity index (χ0v) is 39.9. The summed E-state index contributed by atoms with van der Waals surface area (Å²) in [4.78, 5) is 0. The summed E-state index contributed by atoms with van der Waals surface area (Å²) in [7, 11) is 0. The first kappa shape index (κ1) is 46.3. The van der Waals surface area contributed by atoms with Crippen LogP contribution in [0.2, 0.25) is 0 Å². The van der Waals surface area contributed by atoms with Gasteiger partial charge in [-0.2, -0.15) is 0 Å². The van der Waals surface area contributed by atoms with E-state index in [0.29, 0.717) is 0 Å². The van der Waals surface area contributed by atoms with Crippen molar-refractivity contribution in [3.63, 3.8) is 0 Å². The van der Waals surface area contributed by atoms with Gasteiger partial charge >= 0.3 is 352 Å². The Bertz CT molecular complexity index is 2060. The van der Waals surface area contributed by atoms with Crippen LogP contribution >= 0.6 is 16.8 Å². The number of halogens is 3. The second kappa shape index (κ2) is 21.2. The Kier molecular flexibility index (Phi) is 16.1. The zero-order valence-electron chi connectivity index (χ0n) is 33.3. The van der Waals surface area contributed by atoms with Gasteiger partial charge in [-0.25, -0.2) is 0 Å². The molecule has 9 aromatic rings. The van der Waals surface area contributed by atoms with Crippen molar-refractivity contribution in [3.8, 4) is 0 Å². The second-order valence-corrected chi connectivity index (χ2v) is 42.2. The number of benzene rings is 9.